The molecule has 0 aromatic heterocycles. The van der Waals surface area contributed by atoms with Crippen molar-refractivity contribution in [2.24, 2.45) is 5.92 Å². The third-order valence-electron chi connectivity index (χ3n) is 4.75. The van der Waals surface area contributed by atoms with Gasteiger partial charge in [-0.05, 0) is 49.3 Å². The zero-order valence-corrected chi connectivity index (χ0v) is 12.0. The largest absolute Gasteiger partial charge is 0.389 e. The van der Waals surface area contributed by atoms with Gasteiger partial charge < -0.3 is 5.11 Å². The fourth-order valence-corrected chi connectivity index (χ4v) is 3.38. The monoisotopic (exact) mass is 246 g/mol. The van der Waals surface area contributed by atoms with Crippen molar-refractivity contribution in [1.82, 2.24) is 0 Å². The SMILES string of the molecule is CCC1CCCCC1(O)Cc1ccc(C)c(C)c1. The molecule has 0 aliphatic heterocycles. The number of rotatable bonds is 3. The van der Waals surface area contributed by atoms with Gasteiger partial charge in [-0.3, -0.25) is 0 Å². The Morgan fingerprint density at radius 1 is 1.22 bits per heavy atom. The third kappa shape index (κ3) is 2.77. The van der Waals surface area contributed by atoms with E-state index < -0.39 is 5.60 Å². The molecule has 18 heavy (non-hydrogen) atoms. The summed E-state index contributed by atoms with van der Waals surface area (Å²) in [5, 5.41) is 10.9. The lowest BCUT2D eigenvalue weighted by atomic mass is 9.71. The van der Waals surface area contributed by atoms with Crippen LogP contribution in [0.3, 0.4) is 0 Å². The normalized spacial score (nSPS) is 28.3. The lowest BCUT2D eigenvalue weighted by Gasteiger charge is -2.40. The van der Waals surface area contributed by atoms with E-state index in [2.05, 4.69) is 39.0 Å². The Morgan fingerprint density at radius 2 is 2.00 bits per heavy atom. The maximum atomic E-state index is 10.9. The summed E-state index contributed by atoms with van der Waals surface area (Å²) in [7, 11) is 0. The van der Waals surface area contributed by atoms with Gasteiger partial charge in [0, 0.05) is 6.42 Å². The minimum Gasteiger partial charge on any atom is -0.389 e. The summed E-state index contributed by atoms with van der Waals surface area (Å²) < 4.78 is 0. The van der Waals surface area contributed by atoms with Crippen LogP contribution in [0, 0.1) is 19.8 Å². The molecule has 1 aromatic rings. The first-order valence-corrected chi connectivity index (χ1v) is 7.33. The summed E-state index contributed by atoms with van der Waals surface area (Å²) in [6.07, 6.45) is 6.55. The highest BCUT2D eigenvalue weighted by molar-refractivity contribution is 5.31. The molecule has 2 atom stereocenters. The van der Waals surface area contributed by atoms with Gasteiger partial charge in [0.25, 0.3) is 0 Å². The number of hydrogen-bond donors (Lipinski definition) is 1. The van der Waals surface area contributed by atoms with Crippen molar-refractivity contribution in [2.45, 2.75) is 64.9 Å². The van der Waals surface area contributed by atoms with E-state index in [1.807, 2.05) is 0 Å². The predicted molar refractivity (Wildman–Crippen MR) is 76.8 cm³/mol. The smallest absolute Gasteiger partial charge is 0.0715 e. The van der Waals surface area contributed by atoms with Crippen LogP contribution in [0.1, 0.15) is 55.7 Å². The molecule has 1 aromatic carbocycles. The fourth-order valence-electron chi connectivity index (χ4n) is 3.38. The van der Waals surface area contributed by atoms with Crippen LogP contribution in [0.5, 0.6) is 0 Å². The van der Waals surface area contributed by atoms with Crippen molar-refractivity contribution in [1.29, 1.82) is 0 Å². The average molecular weight is 246 g/mol. The van der Waals surface area contributed by atoms with Gasteiger partial charge in [-0.25, -0.2) is 0 Å². The van der Waals surface area contributed by atoms with Gasteiger partial charge in [-0.1, -0.05) is 44.4 Å². The quantitative estimate of drug-likeness (QED) is 0.848. The first-order valence-electron chi connectivity index (χ1n) is 7.33. The van der Waals surface area contributed by atoms with E-state index in [0.717, 1.165) is 19.3 Å². The Labute approximate surface area is 111 Å². The van der Waals surface area contributed by atoms with Crippen LogP contribution >= 0.6 is 0 Å². The van der Waals surface area contributed by atoms with Gasteiger partial charge in [0.1, 0.15) is 0 Å². The number of benzene rings is 1. The predicted octanol–water partition coefficient (Wildman–Crippen LogP) is 4.18. The molecule has 2 unspecified atom stereocenters. The van der Waals surface area contributed by atoms with E-state index in [0.29, 0.717) is 5.92 Å². The number of aliphatic hydroxyl groups is 1. The van der Waals surface area contributed by atoms with Crippen LogP contribution in [0.15, 0.2) is 18.2 Å². The summed E-state index contributed by atoms with van der Waals surface area (Å²) in [6.45, 7) is 6.51. The van der Waals surface area contributed by atoms with Crippen molar-refractivity contribution in [3.05, 3.63) is 34.9 Å². The van der Waals surface area contributed by atoms with Crippen molar-refractivity contribution < 1.29 is 5.11 Å². The van der Waals surface area contributed by atoms with Gasteiger partial charge in [0.15, 0.2) is 0 Å². The molecule has 1 nitrogen and oxygen atoms in total. The Hall–Kier alpha value is -0.820. The van der Waals surface area contributed by atoms with Crippen molar-refractivity contribution in [3.8, 4) is 0 Å². The van der Waals surface area contributed by atoms with Gasteiger partial charge in [-0.2, -0.15) is 0 Å². The van der Waals surface area contributed by atoms with Crippen LogP contribution < -0.4 is 0 Å². The van der Waals surface area contributed by atoms with E-state index in [4.69, 9.17) is 0 Å². The lowest BCUT2D eigenvalue weighted by molar-refractivity contribution is -0.0491. The molecule has 1 fully saturated rings. The van der Waals surface area contributed by atoms with E-state index in [9.17, 15) is 5.11 Å². The van der Waals surface area contributed by atoms with Crippen molar-refractivity contribution in [3.63, 3.8) is 0 Å². The topological polar surface area (TPSA) is 20.2 Å². The molecule has 1 saturated carbocycles. The van der Waals surface area contributed by atoms with E-state index >= 15 is 0 Å². The minimum atomic E-state index is -0.464. The highest BCUT2D eigenvalue weighted by atomic mass is 16.3. The molecule has 100 valence electrons. The number of aryl methyl sites for hydroxylation is 2. The Kier molecular flexibility index (Phi) is 4.11. The van der Waals surface area contributed by atoms with Crippen LogP contribution in [0.25, 0.3) is 0 Å². The van der Waals surface area contributed by atoms with Gasteiger partial charge in [-0.15, -0.1) is 0 Å². The first-order chi connectivity index (χ1) is 8.55. The lowest BCUT2D eigenvalue weighted by Crippen LogP contribution is -2.42. The second kappa shape index (κ2) is 5.44. The Bertz CT molecular complexity index is 410. The molecular weight excluding hydrogens is 220 g/mol. The van der Waals surface area contributed by atoms with Gasteiger partial charge >= 0.3 is 0 Å². The summed E-state index contributed by atoms with van der Waals surface area (Å²) in [4.78, 5) is 0. The highest BCUT2D eigenvalue weighted by Crippen LogP contribution is 2.38. The molecule has 0 spiro atoms. The van der Waals surface area contributed by atoms with Gasteiger partial charge in [0.05, 0.1) is 5.60 Å². The van der Waals surface area contributed by atoms with E-state index in [-0.39, 0.29) is 0 Å². The molecule has 1 N–H and O–H groups in total. The van der Waals surface area contributed by atoms with Gasteiger partial charge in [0.2, 0.25) is 0 Å². The maximum absolute atomic E-state index is 10.9. The molecular formula is C17H26O. The van der Waals surface area contributed by atoms with E-state index in [1.54, 1.807) is 0 Å². The summed E-state index contributed by atoms with van der Waals surface area (Å²) >= 11 is 0. The molecule has 2 rings (SSSR count). The molecule has 0 bridgehead atoms. The summed E-state index contributed by atoms with van der Waals surface area (Å²) in [5.41, 5.74) is 3.50. The summed E-state index contributed by atoms with van der Waals surface area (Å²) in [6, 6.07) is 6.61. The maximum Gasteiger partial charge on any atom is 0.0715 e. The molecule has 0 saturated heterocycles. The molecule has 0 radical (unpaired) electrons. The number of hydrogen-bond acceptors (Lipinski definition) is 1. The van der Waals surface area contributed by atoms with Crippen LogP contribution in [0.4, 0.5) is 0 Å². The Balaban J connectivity index is 2.17. The van der Waals surface area contributed by atoms with Crippen LogP contribution in [0.2, 0.25) is 0 Å². The first kappa shape index (κ1) is 13.6. The molecule has 1 aliphatic carbocycles. The third-order valence-corrected chi connectivity index (χ3v) is 4.75. The minimum absolute atomic E-state index is 0.464. The zero-order chi connectivity index (χ0) is 13.2. The second-order valence-electron chi connectivity index (χ2n) is 6.05. The Morgan fingerprint density at radius 3 is 2.67 bits per heavy atom. The zero-order valence-electron chi connectivity index (χ0n) is 12.0. The molecule has 0 heterocycles. The van der Waals surface area contributed by atoms with E-state index in [1.165, 1.54) is 36.0 Å². The summed E-state index contributed by atoms with van der Waals surface area (Å²) in [5.74, 6) is 0.479. The average Bonchev–Trinajstić information content (AvgIpc) is 2.34. The molecule has 1 heteroatoms. The molecule has 1 aliphatic rings. The van der Waals surface area contributed by atoms with Crippen molar-refractivity contribution in [2.75, 3.05) is 0 Å². The second-order valence-corrected chi connectivity index (χ2v) is 6.05. The van der Waals surface area contributed by atoms with Crippen LogP contribution in [-0.4, -0.2) is 10.7 Å². The highest BCUT2D eigenvalue weighted by Gasteiger charge is 2.37. The standard InChI is InChI=1S/C17H26O/c1-4-16-7-5-6-10-17(16,18)12-15-9-8-13(2)14(3)11-15/h8-9,11,16,18H,4-7,10,12H2,1-3H3. The van der Waals surface area contributed by atoms with Crippen molar-refractivity contribution >= 4 is 0 Å². The molecule has 0 amide bonds. The fraction of sp³-hybridized carbons (Fsp3) is 0.647. The van der Waals surface area contributed by atoms with Crippen LogP contribution in [-0.2, 0) is 6.42 Å².